The normalized spacial score (nSPS) is 12.9. The number of rotatable bonds is 5. The highest BCUT2D eigenvalue weighted by Crippen LogP contribution is 2.36. The Labute approximate surface area is 156 Å². The monoisotopic (exact) mass is 359 g/mol. The molecule has 2 rings (SSSR count). The van der Waals surface area contributed by atoms with E-state index >= 15 is 0 Å². The fourth-order valence-corrected chi connectivity index (χ4v) is 3.61. The number of aryl methyl sites for hydroxylation is 2. The number of anilines is 1. The van der Waals surface area contributed by atoms with E-state index in [-0.39, 0.29) is 22.8 Å². The van der Waals surface area contributed by atoms with Crippen molar-refractivity contribution in [1.82, 2.24) is 9.78 Å². The van der Waals surface area contributed by atoms with Crippen LogP contribution in [0.4, 0.5) is 10.1 Å². The molecule has 2 aromatic rings. The fourth-order valence-electron chi connectivity index (χ4n) is 3.61. The summed E-state index contributed by atoms with van der Waals surface area (Å²) in [5, 5.41) is 4.04. The van der Waals surface area contributed by atoms with Gasteiger partial charge in [-0.1, -0.05) is 45.9 Å². The van der Waals surface area contributed by atoms with Gasteiger partial charge in [-0.15, -0.1) is 0 Å². The van der Waals surface area contributed by atoms with Crippen molar-refractivity contribution in [2.45, 2.75) is 53.9 Å². The molecular formula is C21H30FN3O. The van der Waals surface area contributed by atoms with Crippen LogP contribution in [0.2, 0.25) is 0 Å². The second kappa shape index (κ2) is 7.60. The molecule has 1 unspecified atom stereocenters. The van der Waals surface area contributed by atoms with E-state index in [1.807, 2.05) is 25.1 Å². The minimum atomic E-state index is -0.592. The molecule has 1 amide bonds. The molecular weight excluding hydrogens is 329 g/mol. The highest BCUT2D eigenvalue weighted by molar-refractivity contribution is 6.07. The van der Waals surface area contributed by atoms with Gasteiger partial charge in [0.15, 0.2) is 0 Å². The van der Waals surface area contributed by atoms with E-state index in [1.54, 1.807) is 11.8 Å². The highest BCUT2D eigenvalue weighted by Gasteiger charge is 2.28. The second-order valence-electron chi connectivity index (χ2n) is 8.15. The van der Waals surface area contributed by atoms with E-state index in [4.69, 9.17) is 0 Å². The van der Waals surface area contributed by atoms with E-state index in [0.29, 0.717) is 12.2 Å². The van der Waals surface area contributed by atoms with Crippen LogP contribution in [0.1, 0.15) is 68.6 Å². The third-order valence-electron chi connectivity index (χ3n) is 4.60. The first-order valence-electron chi connectivity index (χ1n) is 9.16. The third-order valence-corrected chi connectivity index (χ3v) is 4.60. The predicted molar refractivity (Wildman–Crippen MR) is 104 cm³/mol. The zero-order valence-electron chi connectivity index (χ0n) is 16.9. The Balaban J connectivity index is 2.46. The van der Waals surface area contributed by atoms with Gasteiger partial charge in [-0.25, -0.2) is 4.68 Å². The molecule has 0 N–H and O–H groups in total. The lowest BCUT2D eigenvalue weighted by molar-refractivity contribution is 0.0983. The quantitative estimate of drug-likeness (QED) is 0.747. The van der Waals surface area contributed by atoms with Gasteiger partial charge in [0, 0.05) is 19.3 Å². The molecule has 1 aromatic carbocycles. The molecule has 0 radical (unpaired) electrons. The number of hydrogen-bond acceptors (Lipinski definition) is 2. The van der Waals surface area contributed by atoms with Crippen LogP contribution in [0.3, 0.4) is 0 Å². The number of benzene rings is 1. The van der Waals surface area contributed by atoms with Crippen molar-refractivity contribution in [3.05, 3.63) is 47.0 Å². The van der Waals surface area contributed by atoms with E-state index < -0.39 is 5.95 Å². The van der Waals surface area contributed by atoms with Crippen LogP contribution in [-0.2, 0) is 7.05 Å². The maximum Gasteiger partial charge on any atom is 0.264 e. The van der Waals surface area contributed by atoms with Gasteiger partial charge in [-0.05, 0) is 43.2 Å². The zero-order chi connectivity index (χ0) is 19.6. The Hall–Kier alpha value is -2.17. The summed E-state index contributed by atoms with van der Waals surface area (Å²) in [6.07, 6.45) is 0.996. The Kier molecular flexibility index (Phi) is 5.89. The van der Waals surface area contributed by atoms with Gasteiger partial charge in [0.1, 0.15) is 5.56 Å². The number of halogens is 1. The van der Waals surface area contributed by atoms with Crippen LogP contribution in [-0.4, -0.2) is 22.2 Å². The Morgan fingerprint density at radius 1 is 1.31 bits per heavy atom. The molecule has 0 fully saturated rings. The fraction of sp³-hybridized carbons (Fsp3) is 0.524. The molecule has 5 heteroatoms. The number of nitrogens with zero attached hydrogens (tertiary/aromatic N) is 3. The SMILES string of the molecule is CCN(C(=O)c1c(C)nn(C)c1F)c1ccccc1C(C)CC(C)(C)C. The molecule has 1 aromatic heterocycles. The molecule has 0 spiro atoms. The van der Waals surface area contributed by atoms with Gasteiger partial charge >= 0.3 is 0 Å². The second-order valence-corrected chi connectivity index (χ2v) is 8.15. The van der Waals surface area contributed by atoms with Crippen LogP contribution in [0.25, 0.3) is 0 Å². The van der Waals surface area contributed by atoms with Crippen molar-refractivity contribution in [3.8, 4) is 0 Å². The summed E-state index contributed by atoms with van der Waals surface area (Å²) < 4.78 is 15.5. The first-order chi connectivity index (χ1) is 12.1. The minimum absolute atomic E-state index is 0.0487. The van der Waals surface area contributed by atoms with Crippen molar-refractivity contribution >= 4 is 11.6 Å². The number of amides is 1. The Morgan fingerprint density at radius 2 is 1.92 bits per heavy atom. The molecule has 1 heterocycles. The molecule has 1 atom stereocenters. The highest BCUT2D eigenvalue weighted by atomic mass is 19.1. The zero-order valence-corrected chi connectivity index (χ0v) is 16.9. The summed E-state index contributed by atoms with van der Waals surface area (Å²) in [5.74, 6) is -0.648. The number of para-hydroxylation sites is 1. The van der Waals surface area contributed by atoms with Crippen LogP contribution in [0.5, 0.6) is 0 Å². The summed E-state index contributed by atoms with van der Waals surface area (Å²) in [5.41, 5.74) is 2.60. The average molecular weight is 359 g/mol. The van der Waals surface area contributed by atoms with Gasteiger partial charge in [0.05, 0.1) is 5.69 Å². The van der Waals surface area contributed by atoms with Gasteiger partial charge in [0.25, 0.3) is 5.91 Å². The van der Waals surface area contributed by atoms with E-state index in [0.717, 1.165) is 22.4 Å². The van der Waals surface area contributed by atoms with Gasteiger partial charge < -0.3 is 4.90 Å². The smallest absolute Gasteiger partial charge is 0.264 e. The number of carbonyl (C=O) groups is 1. The van der Waals surface area contributed by atoms with Crippen LogP contribution >= 0.6 is 0 Å². The number of hydrogen-bond donors (Lipinski definition) is 0. The maximum atomic E-state index is 14.4. The molecule has 0 aliphatic rings. The summed E-state index contributed by atoms with van der Waals surface area (Å²) >= 11 is 0. The van der Waals surface area contributed by atoms with E-state index in [9.17, 15) is 9.18 Å². The first-order valence-corrected chi connectivity index (χ1v) is 9.16. The van der Waals surface area contributed by atoms with Crippen molar-refractivity contribution in [2.24, 2.45) is 12.5 Å². The van der Waals surface area contributed by atoms with Gasteiger partial charge in [-0.3, -0.25) is 4.79 Å². The van der Waals surface area contributed by atoms with Gasteiger partial charge in [0.2, 0.25) is 5.95 Å². The number of aromatic nitrogens is 2. The lowest BCUT2D eigenvalue weighted by atomic mass is 9.82. The summed E-state index contributed by atoms with van der Waals surface area (Å²) in [6, 6.07) is 7.92. The minimum Gasteiger partial charge on any atom is -0.308 e. The summed E-state index contributed by atoms with van der Waals surface area (Å²) in [4.78, 5) is 14.8. The first kappa shape index (κ1) is 20.1. The Bertz CT molecular complexity index is 789. The molecule has 0 aliphatic carbocycles. The molecule has 142 valence electrons. The molecule has 0 saturated heterocycles. The molecule has 26 heavy (non-hydrogen) atoms. The van der Waals surface area contributed by atoms with Crippen molar-refractivity contribution < 1.29 is 9.18 Å². The van der Waals surface area contributed by atoms with E-state index in [1.165, 1.54) is 7.05 Å². The summed E-state index contributed by atoms with van der Waals surface area (Å²) in [7, 11) is 1.51. The standard InChI is InChI=1S/C21H30FN3O/c1-8-25(20(26)18-15(3)23-24(7)19(18)22)17-12-10-9-11-16(17)14(2)13-21(4,5)6/h9-12,14H,8,13H2,1-7H3. The van der Waals surface area contributed by atoms with Crippen LogP contribution in [0.15, 0.2) is 24.3 Å². The molecule has 0 bridgehead atoms. The van der Waals surface area contributed by atoms with Crippen molar-refractivity contribution in [2.75, 3.05) is 11.4 Å². The number of carbonyl (C=O) groups excluding carboxylic acids is 1. The lowest BCUT2D eigenvalue weighted by Gasteiger charge is -2.29. The molecule has 4 nitrogen and oxygen atoms in total. The largest absolute Gasteiger partial charge is 0.308 e. The van der Waals surface area contributed by atoms with Crippen molar-refractivity contribution in [1.29, 1.82) is 0 Å². The van der Waals surface area contributed by atoms with E-state index in [2.05, 4.69) is 38.9 Å². The molecule has 0 aliphatic heterocycles. The molecule has 0 saturated carbocycles. The van der Waals surface area contributed by atoms with Crippen molar-refractivity contribution in [3.63, 3.8) is 0 Å². The topological polar surface area (TPSA) is 38.1 Å². The maximum absolute atomic E-state index is 14.4. The Morgan fingerprint density at radius 3 is 2.42 bits per heavy atom. The predicted octanol–water partition coefficient (Wildman–Crippen LogP) is 5.07. The van der Waals surface area contributed by atoms with Crippen LogP contribution < -0.4 is 4.90 Å². The lowest BCUT2D eigenvalue weighted by Crippen LogP contribution is -2.32. The third kappa shape index (κ3) is 4.14. The van der Waals surface area contributed by atoms with Crippen LogP contribution in [0, 0.1) is 18.3 Å². The summed E-state index contributed by atoms with van der Waals surface area (Å²) in [6.45, 7) is 12.9. The average Bonchev–Trinajstić information content (AvgIpc) is 2.79. The van der Waals surface area contributed by atoms with Gasteiger partial charge in [-0.2, -0.15) is 9.49 Å².